The molecule has 0 spiro atoms. The molecular formula is C20H42O8S2Si2. The van der Waals surface area contributed by atoms with Crippen molar-refractivity contribution in [1.82, 2.24) is 0 Å². The van der Waals surface area contributed by atoms with Crippen molar-refractivity contribution in [3.8, 4) is 0 Å². The summed E-state index contributed by atoms with van der Waals surface area (Å²) < 4.78 is 46.2. The normalized spacial score (nSPS) is 12.1. The Morgan fingerprint density at radius 1 is 0.500 bits per heavy atom. The second kappa shape index (κ2) is 19.3. The molecule has 0 rings (SSSR count). The van der Waals surface area contributed by atoms with Crippen molar-refractivity contribution in [2.45, 2.75) is 66.5 Å². The van der Waals surface area contributed by atoms with E-state index in [0.717, 1.165) is 0 Å². The lowest BCUT2D eigenvalue weighted by Crippen LogP contribution is -2.46. The van der Waals surface area contributed by atoms with Crippen LogP contribution in [0.3, 0.4) is 0 Å². The van der Waals surface area contributed by atoms with Crippen molar-refractivity contribution in [2.75, 3.05) is 52.9 Å². The molecule has 0 heterocycles. The highest BCUT2D eigenvalue weighted by atomic mass is 32.1. The molecule has 0 aromatic heterocycles. The first kappa shape index (κ1) is 32.0. The van der Waals surface area contributed by atoms with Crippen molar-refractivity contribution < 1.29 is 36.0 Å². The van der Waals surface area contributed by atoms with Gasteiger partial charge in [0.1, 0.15) is 0 Å². The average molecular weight is 531 g/mol. The van der Waals surface area contributed by atoms with Crippen molar-refractivity contribution in [1.29, 1.82) is 0 Å². The SMILES string of the molecule is CCO[Si](CCCOC(=S)C(=S)OCCC[Si](OCC)(OCC)OCC)(OCC)OCC. The smallest absolute Gasteiger partial charge is 0.480 e. The molecule has 0 aromatic carbocycles. The van der Waals surface area contributed by atoms with Gasteiger partial charge < -0.3 is 36.0 Å². The minimum absolute atomic E-state index is 0.180. The van der Waals surface area contributed by atoms with E-state index >= 15 is 0 Å². The van der Waals surface area contributed by atoms with E-state index in [-0.39, 0.29) is 10.1 Å². The lowest BCUT2D eigenvalue weighted by Gasteiger charge is -2.28. The molecule has 8 nitrogen and oxygen atoms in total. The molecule has 12 heteroatoms. The summed E-state index contributed by atoms with van der Waals surface area (Å²) in [7, 11) is -5.36. The fourth-order valence-electron chi connectivity index (χ4n) is 3.03. The average Bonchev–Trinajstić information content (AvgIpc) is 2.75. The van der Waals surface area contributed by atoms with E-state index in [1.165, 1.54) is 0 Å². The molecule has 190 valence electrons. The van der Waals surface area contributed by atoms with Gasteiger partial charge >= 0.3 is 17.6 Å². The lowest BCUT2D eigenvalue weighted by molar-refractivity contribution is 0.0686. The van der Waals surface area contributed by atoms with E-state index in [0.29, 0.717) is 77.8 Å². The summed E-state index contributed by atoms with van der Waals surface area (Å²) in [6.45, 7) is 15.7. The van der Waals surface area contributed by atoms with Crippen molar-refractivity contribution in [3.63, 3.8) is 0 Å². The highest BCUT2D eigenvalue weighted by molar-refractivity contribution is 7.88. The molecule has 0 unspecified atom stereocenters. The lowest BCUT2D eigenvalue weighted by atomic mass is 10.5. The first-order valence-corrected chi connectivity index (χ1v) is 16.2. The van der Waals surface area contributed by atoms with Crippen LogP contribution in [0.25, 0.3) is 0 Å². The monoisotopic (exact) mass is 530 g/mol. The topological polar surface area (TPSA) is 73.8 Å². The Morgan fingerprint density at radius 2 is 0.750 bits per heavy atom. The van der Waals surface area contributed by atoms with Gasteiger partial charge in [-0.1, -0.05) is 0 Å². The summed E-state index contributed by atoms with van der Waals surface area (Å²) >= 11 is 10.5. The fraction of sp³-hybridized carbons (Fsp3) is 0.900. The van der Waals surface area contributed by atoms with Gasteiger partial charge in [0.25, 0.3) is 0 Å². The van der Waals surface area contributed by atoms with Crippen LogP contribution in [0, 0.1) is 0 Å². The van der Waals surface area contributed by atoms with Crippen molar-refractivity contribution >= 4 is 52.1 Å². The van der Waals surface area contributed by atoms with Crippen LogP contribution < -0.4 is 0 Å². The number of rotatable bonds is 20. The van der Waals surface area contributed by atoms with E-state index in [1.54, 1.807) is 0 Å². The van der Waals surface area contributed by atoms with Crippen LogP contribution in [-0.2, 0) is 36.0 Å². The molecule has 0 radical (unpaired) electrons. The Kier molecular flexibility index (Phi) is 19.3. The third kappa shape index (κ3) is 13.0. The summed E-state index contributed by atoms with van der Waals surface area (Å²) in [6, 6.07) is 1.30. The summed E-state index contributed by atoms with van der Waals surface area (Å²) in [6.07, 6.45) is 1.36. The van der Waals surface area contributed by atoms with Crippen LogP contribution in [0.4, 0.5) is 0 Å². The Bertz CT molecular complexity index is 436. The maximum atomic E-state index is 5.84. The van der Waals surface area contributed by atoms with Gasteiger partial charge in [-0.05, 0) is 78.8 Å². The predicted molar refractivity (Wildman–Crippen MR) is 137 cm³/mol. The molecule has 0 N–H and O–H groups in total. The van der Waals surface area contributed by atoms with Crippen molar-refractivity contribution in [3.05, 3.63) is 0 Å². The largest absolute Gasteiger partial charge is 0.501 e. The minimum atomic E-state index is -2.68. The van der Waals surface area contributed by atoms with Crippen molar-refractivity contribution in [2.24, 2.45) is 0 Å². The molecule has 0 saturated carbocycles. The molecule has 0 saturated heterocycles. The van der Waals surface area contributed by atoms with Gasteiger partial charge in [-0.2, -0.15) is 0 Å². The van der Waals surface area contributed by atoms with Crippen LogP contribution in [0.1, 0.15) is 54.4 Å². The summed E-state index contributed by atoms with van der Waals surface area (Å²) in [5.74, 6) is 0. The first-order chi connectivity index (χ1) is 15.4. The van der Waals surface area contributed by atoms with E-state index < -0.39 is 17.6 Å². The molecule has 0 bridgehead atoms. The second-order valence-corrected chi connectivity index (χ2v) is 12.6. The van der Waals surface area contributed by atoms with Crippen LogP contribution in [-0.4, -0.2) is 80.6 Å². The molecular weight excluding hydrogens is 489 g/mol. The fourth-order valence-corrected chi connectivity index (χ4v) is 8.47. The molecule has 0 fully saturated rings. The van der Waals surface area contributed by atoms with Gasteiger partial charge in [0.2, 0.25) is 10.1 Å². The van der Waals surface area contributed by atoms with E-state index in [2.05, 4.69) is 0 Å². The predicted octanol–water partition coefficient (Wildman–Crippen LogP) is 4.55. The third-order valence-electron chi connectivity index (χ3n) is 4.07. The third-order valence-corrected chi connectivity index (χ3v) is 11.1. The van der Waals surface area contributed by atoms with E-state index in [4.69, 9.17) is 60.5 Å². The molecule has 0 amide bonds. The second-order valence-electron chi connectivity index (χ2n) is 6.44. The number of thiocarbonyl (C=S) groups is 2. The highest BCUT2D eigenvalue weighted by Crippen LogP contribution is 2.19. The van der Waals surface area contributed by atoms with Gasteiger partial charge in [0.05, 0.1) is 13.2 Å². The molecule has 0 aliphatic rings. The van der Waals surface area contributed by atoms with Gasteiger partial charge in [0, 0.05) is 51.7 Å². The Labute approximate surface area is 207 Å². The van der Waals surface area contributed by atoms with Crippen LogP contribution in [0.15, 0.2) is 0 Å². The molecule has 0 aliphatic heterocycles. The Balaban J connectivity index is 4.39. The Hall–Kier alpha value is -0.0262. The zero-order valence-corrected chi connectivity index (χ0v) is 24.2. The zero-order chi connectivity index (χ0) is 24.3. The number of ether oxygens (including phenoxy) is 2. The summed E-state index contributed by atoms with van der Waals surface area (Å²) in [5, 5.41) is 0.360. The van der Waals surface area contributed by atoms with E-state index in [1.807, 2.05) is 41.5 Å². The summed E-state index contributed by atoms with van der Waals surface area (Å²) in [4.78, 5) is 0. The standard InChI is InChI=1S/C20H42O8S2Si2/c1-7-23-31(24-8-2,25-9-3)17-13-15-21-19(29)20(30)22-16-14-18-32(26-10-4,27-11-5)28-12-6/h7-18H2,1-6H3. The maximum Gasteiger partial charge on any atom is 0.501 e. The molecule has 0 atom stereocenters. The first-order valence-electron chi connectivity index (χ1n) is 11.6. The van der Waals surface area contributed by atoms with Crippen LogP contribution in [0.5, 0.6) is 0 Å². The van der Waals surface area contributed by atoms with Gasteiger partial charge in [-0.15, -0.1) is 0 Å². The van der Waals surface area contributed by atoms with Gasteiger partial charge in [-0.3, -0.25) is 0 Å². The quantitative estimate of drug-likeness (QED) is 0.127. The van der Waals surface area contributed by atoms with E-state index in [9.17, 15) is 0 Å². The molecule has 32 heavy (non-hydrogen) atoms. The number of hydrogen-bond donors (Lipinski definition) is 0. The minimum Gasteiger partial charge on any atom is -0.480 e. The number of hydrogen-bond acceptors (Lipinski definition) is 10. The zero-order valence-electron chi connectivity index (χ0n) is 20.6. The van der Waals surface area contributed by atoms with Crippen LogP contribution >= 0.6 is 24.4 Å². The summed E-state index contributed by atoms with van der Waals surface area (Å²) in [5.41, 5.74) is 0. The Morgan fingerprint density at radius 3 is 0.969 bits per heavy atom. The van der Waals surface area contributed by atoms with Gasteiger partial charge in [0.15, 0.2) is 0 Å². The van der Waals surface area contributed by atoms with Crippen LogP contribution in [0.2, 0.25) is 12.1 Å². The molecule has 0 aliphatic carbocycles. The van der Waals surface area contributed by atoms with Gasteiger partial charge in [-0.25, -0.2) is 0 Å². The highest BCUT2D eigenvalue weighted by Gasteiger charge is 2.40. The molecule has 0 aromatic rings. The maximum absolute atomic E-state index is 5.84.